The Balaban J connectivity index is 1.91. The number of nitrogens with one attached hydrogen (secondary N) is 1. The van der Waals surface area contributed by atoms with E-state index in [0.717, 1.165) is 19.8 Å². The van der Waals surface area contributed by atoms with E-state index >= 15 is 0 Å². The minimum atomic E-state index is 0.534. The number of halogens is 1. The monoisotopic (exact) mass is 303 g/mol. The van der Waals surface area contributed by atoms with E-state index in [2.05, 4.69) is 27.3 Å². The summed E-state index contributed by atoms with van der Waals surface area (Å²) in [6, 6.07) is 2.81. The normalized spacial score (nSPS) is 19.8. The van der Waals surface area contributed by atoms with Crippen LogP contribution in [0.15, 0.2) is 9.85 Å². The van der Waals surface area contributed by atoms with Crippen LogP contribution in [0.1, 0.15) is 36.2 Å². The zero-order valence-electron chi connectivity index (χ0n) is 9.59. The van der Waals surface area contributed by atoms with Gasteiger partial charge in [-0.15, -0.1) is 11.3 Å². The van der Waals surface area contributed by atoms with Gasteiger partial charge in [-0.1, -0.05) is 0 Å². The molecule has 0 aromatic carbocycles. The van der Waals surface area contributed by atoms with E-state index in [0.29, 0.717) is 6.04 Å². The molecule has 16 heavy (non-hydrogen) atoms. The third-order valence-corrected chi connectivity index (χ3v) is 4.64. The number of hydrogen-bond acceptors (Lipinski definition) is 3. The summed E-state index contributed by atoms with van der Waals surface area (Å²) >= 11 is 5.46. The number of fused-ring (bicyclic) bond motifs is 1. The van der Waals surface area contributed by atoms with E-state index in [1.165, 1.54) is 28.6 Å². The van der Waals surface area contributed by atoms with Gasteiger partial charge >= 0.3 is 0 Å². The van der Waals surface area contributed by atoms with Crippen LogP contribution in [-0.4, -0.2) is 19.8 Å². The standard InChI is InChI=1S/C12H18BrNOS/c1-2-15-7-6-14-10-4-3-5-11-9(10)8-12(13)16-11/h8,10,14H,2-7H2,1H3. The van der Waals surface area contributed by atoms with Crippen molar-refractivity contribution in [3.63, 3.8) is 0 Å². The van der Waals surface area contributed by atoms with Crippen molar-refractivity contribution in [1.29, 1.82) is 0 Å². The molecule has 1 unspecified atom stereocenters. The third kappa shape index (κ3) is 3.06. The van der Waals surface area contributed by atoms with Crippen molar-refractivity contribution in [2.45, 2.75) is 32.2 Å². The van der Waals surface area contributed by atoms with Crippen molar-refractivity contribution in [2.75, 3.05) is 19.8 Å². The molecule has 1 aromatic heterocycles. The predicted octanol–water partition coefficient (Wildman–Crippen LogP) is 3.51. The summed E-state index contributed by atoms with van der Waals surface area (Å²) < 4.78 is 6.61. The van der Waals surface area contributed by atoms with Gasteiger partial charge in [-0.05, 0) is 53.7 Å². The average molecular weight is 304 g/mol. The van der Waals surface area contributed by atoms with Gasteiger partial charge < -0.3 is 10.1 Å². The molecule has 4 heteroatoms. The second-order valence-corrected chi connectivity index (χ2v) is 6.54. The number of aryl methyl sites for hydroxylation is 1. The van der Waals surface area contributed by atoms with Gasteiger partial charge in [-0.3, -0.25) is 0 Å². The number of ether oxygens (including phenoxy) is 1. The first-order valence-corrected chi connectivity index (χ1v) is 7.51. The van der Waals surface area contributed by atoms with Crippen LogP contribution in [0.3, 0.4) is 0 Å². The third-order valence-electron chi connectivity index (χ3n) is 2.92. The van der Waals surface area contributed by atoms with Gasteiger partial charge in [-0.2, -0.15) is 0 Å². The van der Waals surface area contributed by atoms with Crippen LogP contribution in [0.5, 0.6) is 0 Å². The van der Waals surface area contributed by atoms with Crippen molar-refractivity contribution in [3.05, 3.63) is 20.3 Å². The second-order valence-electron chi connectivity index (χ2n) is 4.02. The average Bonchev–Trinajstić information content (AvgIpc) is 2.65. The Hall–Kier alpha value is 0.100. The number of thiophene rings is 1. The van der Waals surface area contributed by atoms with Crippen LogP contribution >= 0.6 is 27.3 Å². The van der Waals surface area contributed by atoms with Crippen molar-refractivity contribution < 1.29 is 4.74 Å². The topological polar surface area (TPSA) is 21.3 Å². The Labute approximate surface area is 110 Å². The minimum absolute atomic E-state index is 0.534. The molecule has 0 amide bonds. The molecule has 0 saturated carbocycles. The van der Waals surface area contributed by atoms with Crippen LogP contribution in [-0.2, 0) is 11.2 Å². The van der Waals surface area contributed by atoms with Crippen LogP contribution in [0.4, 0.5) is 0 Å². The molecule has 1 N–H and O–H groups in total. The highest BCUT2D eigenvalue weighted by Crippen LogP contribution is 2.37. The molecular formula is C12H18BrNOS. The van der Waals surface area contributed by atoms with Crippen LogP contribution in [0, 0.1) is 0 Å². The molecule has 0 radical (unpaired) electrons. The smallest absolute Gasteiger partial charge is 0.0704 e. The van der Waals surface area contributed by atoms with Gasteiger partial charge in [0.05, 0.1) is 10.4 Å². The molecule has 1 heterocycles. The lowest BCUT2D eigenvalue weighted by Crippen LogP contribution is -2.27. The maximum atomic E-state index is 5.35. The van der Waals surface area contributed by atoms with Gasteiger partial charge in [0.2, 0.25) is 0 Å². The SMILES string of the molecule is CCOCCNC1CCCc2sc(Br)cc21. The van der Waals surface area contributed by atoms with E-state index in [-0.39, 0.29) is 0 Å². The van der Waals surface area contributed by atoms with Crippen LogP contribution in [0.2, 0.25) is 0 Å². The summed E-state index contributed by atoms with van der Waals surface area (Å²) in [6.07, 6.45) is 3.80. The highest BCUT2D eigenvalue weighted by atomic mass is 79.9. The fourth-order valence-corrected chi connectivity index (χ4v) is 4.00. The largest absolute Gasteiger partial charge is 0.380 e. The summed E-state index contributed by atoms with van der Waals surface area (Å²) in [5, 5.41) is 3.59. The van der Waals surface area contributed by atoms with Crippen molar-refractivity contribution >= 4 is 27.3 Å². The summed E-state index contributed by atoms with van der Waals surface area (Å²) in [4.78, 5) is 1.55. The Kier molecular flexibility index (Phi) is 4.82. The fourth-order valence-electron chi connectivity index (χ4n) is 2.18. The van der Waals surface area contributed by atoms with Gasteiger partial charge in [0.25, 0.3) is 0 Å². The van der Waals surface area contributed by atoms with Crippen LogP contribution < -0.4 is 5.32 Å². The maximum absolute atomic E-state index is 5.35. The zero-order valence-corrected chi connectivity index (χ0v) is 12.0. The first-order chi connectivity index (χ1) is 7.81. The summed E-state index contributed by atoms with van der Waals surface area (Å²) in [6.45, 7) is 4.61. The highest BCUT2D eigenvalue weighted by Gasteiger charge is 2.21. The van der Waals surface area contributed by atoms with E-state index in [9.17, 15) is 0 Å². The van der Waals surface area contributed by atoms with Crippen LogP contribution in [0.25, 0.3) is 0 Å². The van der Waals surface area contributed by atoms with E-state index < -0.39 is 0 Å². The first-order valence-electron chi connectivity index (χ1n) is 5.90. The van der Waals surface area contributed by atoms with Gasteiger partial charge in [-0.25, -0.2) is 0 Å². The lowest BCUT2D eigenvalue weighted by atomic mass is 9.94. The zero-order chi connectivity index (χ0) is 11.4. The molecule has 2 nitrogen and oxygen atoms in total. The molecule has 1 aliphatic carbocycles. The molecule has 1 atom stereocenters. The Morgan fingerprint density at radius 3 is 3.31 bits per heavy atom. The lowest BCUT2D eigenvalue weighted by molar-refractivity contribution is 0.146. The molecular weight excluding hydrogens is 286 g/mol. The molecule has 0 bridgehead atoms. The molecule has 1 aliphatic rings. The second kappa shape index (κ2) is 6.15. The molecule has 90 valence electrons. The quantitative estimate of drug-likeness (QED) is 0.841. The summed E-state index contributed by atoms with van der Waals surface area (Å²) in [7, 11) is 0. The van der Waals surface area contributed by atoms with Gasteiger partial charge in [0.15, 0.2) is 0 Å². The van der Waals surface area contributed by atoms with E-state index in [1.807, 2.05) is 18.3 Å². The van der Waals surface area contributed by atoms with Crippen molar-refractivity contribution in [1.82, 2.24) is 5.32 Å². The van der Waals surface area contributed by atoms with Crippen molar-refractivity contribution in [3.8, 4) is 0 Å². The maximum Gasteiger partial charge on any atom is 0.0704 e. The fraction of sp³-hybridized carbons (Fsp3) is 0.667. The predicted molar refractivity (Wildman–Crippen MR) is 72.2 cm³/mol. The Bertz CT molecular complexity index is 340. The Morgan fingerprint density at radius 2 is 2.50 bits per heavy atom. The molecule has 0 saturated heterocycles. The lowest BCUT2D eigenvalue weighted by Gasteiger charge is -2.23. The molecule has 0 fully saturated rings. The van der Waals surface area contributed by atoms with Gasteiger partial charge in [0, 0.05) is 24.1 Å². The highest BCUT2D eigenvalue weighted by molar-refractivity contribution is 9.11. The minimum Gasteiger partial charge on any atom is -0.380 e. The Morgan fingerprint density at radius 1 is 1.62 bits per heavy atom. The van der Waals surface area contributed by atoms with E-state index in [1.54, 1.807) is 4.88 Å². The molecule has 1 aromatic rings. The number of hydrogen-bond donors (Lipinski definition) is 1. The van der Waals surface area contributed by atoms with E-state index in [4.69, 9.17) is 4.74 Å². The summed E-state index contributed by atoms with van der Waals surface area (Å²) in [5.74, 6) is 0. The number of rotatable bonds is 5. The molecule has 0 spiro atoms. The first kappa shape index (κ1) is 12.6. The molecule has 0 aliphatic heterocycles. The van der Waals surface area contributed by atoms with Crippen molar-refractivity contribution in [2.24, 2.45) is 0 Å². The van der Waals surface area contributed by atoms with Gasteiger partial charge in [0.1, 0.15) is 0 Å². The molecule has 2 rings (SSSR count). The summed E-state index contributed by atoms with van der Waals surface area (Å²) in [5.41, 5.74) is 1.50.